The zero-order valence-electron chi connectivity index (χ0n) is 17.4. The largest absolute Gasteiger partial charge is 0.481 e. The topological polar surface area (TPSA) is 136 Å². The summed E-state index contributed by atoms with van der Waals surface area (Å²) in [6, 6.07) is 17.8. The zero-order chi connectivity index (χ0) is 23.2. The summed E-state index contributed by atoms with van der Waals surface area (Å²) in [6.45, 7) is 0.0206. The second-order valence-electron chi connectivity index (χ2n) is 7.27. The average Bonchev–Trinajstić information content (AvgIpc) is 3.34. The van der Waals surface area contributed by atoms with E-state index in [-0.39, 0.29) is 31.2 Å². The fourth-order valence-electron chi connectivity index (χ4n) is 3.41. The van der Waals surface area contributed by atoms with Crippen LogP contribution in [-0.4, -0.2) is 51.1 Å². The third kappa shape index (κ3) is 5.47. The van der Waals surface area contributed by atoms with Gasteiger partial charge in [-0.3, -0.25) is 14.4 Å². The standard InChI is InChI=1S/C23H21N5O4S/c29-19(24-11-10-20(30)31)12-18-22(32)27-23(33-18)28-25-13-16-15-8-4-5-9-17(15)26-21(16)14-6-2-1-3-7-14/h1-9,13,18,26H,10-12H2,(H,24,29)(H,30,31)(H,27,28,32)/b25-13-/t18-/m1/s1. The van der Waals surface area contributed by atoms with E-state index in [4.69, 9.17) is 5.11 Å². The van der Waals surface area contributed by atoms with Gasteiger partial charge in [-0.2, -0.15) is 5.10 Å². The number of H-pyrrole nitrogens is 1. The van der Waals surface area contributed by atoms with Crippen molar-refractivity contribution in [1.29, 1.82) is 0 Å². The van der Waals surface area contributed by atoms with Gasteiger partial charge < -0.3 is 20.7 Å². The molecule has 0 radical (unpaired) electrons. The van der Waals surface area contributed by atoms with Gasteiger partial charge in [-0.05, 0) is 11.6 Å². The van der Waals surface area contributed by atoms with Crippen LogP contribution in [0.4, 0.5) is 0 Å². The van der Waals surface area contributed by atoms with Crippen molar-refractivity contribution in [2.75, 3.05) is 6.54 Å². The van der Waals surface area contributed by atoms with Gasteiger partial charge in [0.1, 0.15) is 5.25 Å². The number of nitrogens with one attached hydrogen (secondary N) is 3. The number of thioether (sulfide) groups is 1. The molecule has 1 fully saturated rings. The fraction of sp³-hybridized carbons (Fsp3) is 0.174. The molecule has 9 nitrogen and oxygen atoms in total. The Balaban J connectivity index is 1.47. The van der Waals surface area contributed by atoms with E-state index < -0.39 is 11.2 Å². The third-order valence-corrected chi connectivity index (χ3v) is 6.02. The van der Waals surface area contributed by atoms with Crippen molar-refractivity contribution in [2.45, 2.75) is 18.1 Å². The fourth-order valence-corrected chi connectivity index (χ4v) is 4.33. The number of fused-ring (bicyclic) bond motifs is 1. The lowest BCUT2D eigenvalue weighted by Gasteiger charge is -2.05. The monoisotopic (exact) mass is 463 g/mol. The van der Waals surface area contributed by atoms with Crippen LogP contribution < -0.4 is 10.6 Å². The molecular formula is C23H21N5O4S. The van der Waals surface area contributed by atoms with Crippen LogP contribution >= 0.6 is 11.8 Å². The molecular weight excluding hydrogens is 442 g/mol. The Hall–Kier alpha value is -3.92. The van der Waals surface area contributed by atoms with Crippen molar-refractivity contribution < 1.29 is 19.5 Å². The van der Waals surface area contributed by atoms with E-state index in [2.05, 4.69) is 25.8 Å². The van der Waals surface area contributed by atoms with Gasteiger partial charge in [0, 0.05) is 29.4 Å². The number of rotatable bonds is 8. The number of para-hydroxylation sites is 1. The summed E-state index contributed by atoms with van der Waals surface area (Å²) in [4.78, 5) is 38.0. The van der Waals surface area contributed by atoms with E-state index in [1.165, 1.54) is 0 Å². The van der Waals surface area contributed by atoms with Crippen molar-refractivity contribution in [3.05, 3.63) is 60.2 Å². The lowest BCUT2D eigenvalue weighted by atomic mass is 10.1. The maximum atomic E-state index is 12.2. The molecule has 33 heavy (non-hydrogen) atoms. The van der Waals surface area contributed by atoms with Crippen LogP contribution in [0.25, 0.3) is 22.2 Å². The summed E-state index contributed by atoms with van der Waals surface area (Å²) in [5.74, 6) is -1.72. The van der Waals surface area contributed by atoms with Crippen molar-refractivity contribution in [1.82, 2.24) is 15.6 Å². The van der Waals surface area contributed by atoms with Crippen molar-refractivity contribution in [2.24, 2.45) is 10.2 Å². The molecule has 3 aromatic rings. The van der Waals surface area contributed by atoms with Crippen LogP contribution in [-0.2, 0) is 14.4 Å². The minimum atomic E-state index is -0.999. The molecule has 0 saturated carbocycles. The molecule has 10 heteroatoms. The van der Waals surface area contributed by atoms with E-state index in [1.807, 2.05) is 54.6 Å². The van der Waals surface area contributed by atoms with Gasteiger partial charge in [-0.1, -0.05) is 60.3 Å². The number of aromatic amines is 1. The number of carbonyl (C=O) groups excluding carboxylic acids is 2. The van der Waals surface area contributed by atoms with Gasteiger partial charge in [0.2, 0.25) is 11.8 Å². The molecule has 1 aliphatic rings. The Kier molecular flexibility index (Phi) is 6.84. The molecule has 168 valence electrons. The highest BCUT2D eigenvalue weighted by molar-refractivity contribution is 8.15. The molecule has 1 aliphatic heterocycles. The summed E-state index contributed by atoms with van der Waals surface area (Å²) >= 11 is 1.12. The quantitative estimate of drug-likeness (QED) is 0.301. The van der Waals surface area contributed by atoms with Crippen molar-refractivity contribution >= 4 is 51.8 Å². The lowest BCUT2D eigenvalue weighted by molar-refractivity contribution is -0.137. The van der Waals surface area contributed by atoms with Crippen LogP contribution in [0.2, 0.25) is 0 Å². The second kappa shape index (κ2) is 10.1. The lowest BCUT2D eigenvalue weighted by Crippen LogP contribution is -2.32. The first-order chi connectivity index (χ1) is 16.0. The summed E-state index contributed by atoms with van der Waals surface area (Å²) < 4.78 is 0. The highest BCUT2D eigenvalue weighted by atomic mass is 32.2. The number of nitrogens with zero attached hydrogens (tertiary/aromatic N) is 2. The predicted octanol–water partition coefficient (Wildman–Crippen LogP) is 2.74. The van der Waals surface area contributed by atoms with Crippen LogP contribution in [0.15, 0.2) is 64.8 Å². The number of hydrogen-bond acceptors (Lipinski definition) is 6. The molecule has 1 saturated heterocycles. The van der Waals surface area contributed by atoms with Crippen molar-refractivity contribution in [3.8, 4) is 11.3 Å². The Morgan fingerprint density at radius 3 is 2.67 bits per heavy atom. The van der Waals surface area contributed by atoms with Crippen molar-refractivity contribution in [3.63, 3.8) is 0 Å². The number of amides is 2. The first-order valence-corrected chi connectivity index (χ1v) is 11.1. The molecule has 2 aromatic carbocycles. The first-order valence-electron chi connectivity index (χ1n) is 10.2. The SMILES string of the molecule is O=C(O)CCNC(=O)C[C@H]1S/C(=N\N=C/c2c(-c3ccccc3)[nH]c3ccccc23)NC1=O. The van der Waals surface area contributed by atoms with Gasteiger partial charge in [-0.15, -0.1) is 5.10 Å². The highest BCUT2D eigenvalue weighted by Crippen LogP contribution is 2.29. The van der Waals surface area contributed by atoms with Gasteiger partial charge in [0.25, 0.3) is 0 Å². The summed E-state index contributed by atoms with van der Waals surface area (Å²) in [7, 11) is 0. The summed E-state index contributed by atoms with van der Waals surface area (Å²) in [6.07, 6.45) is 1.41. The summed E-state index contributed by atoms with van der Waals surface area (Å²) in [5.41, 5.74) is 3.79. The van der Waals surface area contributed by atoms with E-state index in [1.54, 1.807) is 6.21 Å². The Labute approximate surface area is 193 Å². The smallest absolute Gasteiger partial charge is 0.305 e. The maximum Gasteiger partial charge on any atom is 0.305 e. The number of carbonyl (C=O) groups is 3. The average molecular weight is 464 g/mol. The molecule has 2 heterocycles. The number of carboxylic acid groups (broad SMARTS) is 1. The van der Waals surface area contributed by atoms with Gasteiger partial charge in [-0.25, -0.2) is 0 Å². The molecule has 4 N–H and O–H groups in total. The number of aliphatic carboxylic acids is 1. The minimum Gasteiger partial charge on any atom is -0.481 e. The molecule has 2 amide bonds. The van der Waals surface area contributed by atoms with Gasteiger partial charge >= 0.3 is 5.97 Å². The molecule has 0 unspecified atom stereocenters. The minimum absolute atomic E-state index is 0.0206. The summed E-state index contributed by atoms with van der Waals surface area (Å²) in [5, 5.41) is 22.7. The number of carboxylic acids is 1. The van der Waals surface area contributed by atoms with Crippen LogP contribution in [0.1, 0.15) is 18.4 Å². The molecule has 1 aromatic heterocycles. The maximum absolute atomic E-state index is 12.2. The molecule has 0 bridgehead atoms. The van der Waals surface area contributed by atoms with E-state index >= 15 is 0 Å². The molecule has 0 aliphatic carbocycles. The van der Waals surface area contributed by atoms with E-state index in [9.17, 15) is 14.4 Å². The van der Waals surface area contributed by atoms with E-state index in [0.717, 1.165) is 39.5 Å². The predicted molar refractivity (Wildman–Crippen MR) is 128 cm³/mol. The second-order valence-corrected chi connectivity index (χ2v) is 8.46. The number of benzene rings is 2. The third-order valence-electron chi connectivity index (χ3n) is 4.95. The van der Waals surface area contributed by atoms with Crippen LogP contribution in [0.3, 0.4) is 0 Å². The van der Waals surface area contributed by atoms with Gasteiger partial charge in [0.05, 0.1) is 18.3 Å². The Morgan fingerprint density at radius 2 is 1.88 bits per heavy atom. The van der Waals surface area contributed by atoms with E-state index in [0.29, 0.717) is 5.17 Å². The number of hydrogen-bond donors (Lipinski definition) is 4. The molecule has 1 atom stereocenters. The normalized spacial score (nSPS) is 17.0. The first kappa shape index (κ1) is 22.3. The number of amidine groups is 1. The van der Waals surface area contributed by atoms with Crippen LogP contribution in [0.5, 0.6) is 0 Å². The highest BCUT2D eigenvalue weighted by Gasteiger charge is 2.32. The van der Waals surface area contributed by atoms with Crippen LogP contribution in [0, 0.1) is 0 Å². The molecule has 4 rings (SSSR count). The number of aromatic nitrogens is 1. The Morgan fingerprint density at radius 1 is 1.12 bits per heavy atom. The van der Waals surface area contributed by atoms with Gasteiger partial charge in [0.15, 0.2) is 5.17 Å². The Bertz CT molecular complexity index is 1250. The molecule has 0 spiro atoms. The zero-order valence-corrected chi connectivity index (χ0v) is 18.3.